The van der Waals surface area contributed by atoms with E-state index in [1.807, 2.05) is 74.1 Å². The molecule has 2 aromatic carbocycles. The maximum atomic E-state index is 13.3. The van der Waals surface area contributed by atoms with Crippen molar-refractivity contribution in [1.82, 2.24) is 9.48 Å². The number of piperidine rings is 1. The van der Waals surface area contributed by atoms with Gasteiger partial charge in [0.25, 0.3) is 5.91 Å². The third-order valence-corrected chi connectivity index (χ3v) is 7.62. The van der Waals surface area contributed by atoms with Crippen LogP contribution < -0.4 is 14.8 Å². The fourth-order valence-electron chi connectivity index (χ4n) is 5.30. The van der Waals surface area contributed by atoms with Crippen molar-refractivity contribution in [2.24, 2.45) is 5.92 Å². The number of carbonyl (C=O) groups is 3. The first-order valence-electron chi connectivity index (χ1n) is 13.1. The molecule has 40 heavy (non-hydrogen) atoms. The average Bonchev–Trinajstić information content (AvgIpc) is 2.94. The molecule has 1 aliphatic carbocycles. The van der Waals surface area contributed by atoms with E-state index in [1.165, 1.54) is 6.07 Å². The van der Waals surface area contributed by atoms with Crippen LogP contribution in [-0.4, -0.2) is 74.2 Å². The minimum absolute atomic E-state index is 0.00782. The first kappa shape index (κ1) is 26.9. The van der Waals surface area contributed by atoms with Crippen molar-refractivity contribution in [2.45, 2.75) is 12.8 Å². The van der Waals surface area contributed by atoms with E-state index in [0.717, 1.165) is 22.0 Å². The van der Waals surface area contributed by atoms with Crippen molar-refractivity contribution in [3.63, 3.8) is 0 Å². The van der Waals surface area contributed by atoms with Gasteiger partial charge in [-0.1, -0.05) is 6.07 Å². The van der Waals surface area contributed by atoms with Crippen LogP contribution in [0.15, 0.2) is 59.0 Å². The van der Waals surface area contributed by atoms with Gasteiger partial charge in [0.1, 0.15) is 25.4 Å². The Morgan fingerprint density at radius 2 is 1.62 bits per heavy atom. The van der Waals surface area contributed by atoms with Gasteiger partial charge in [-0.05, 0) is 48.7 Å². The Balaban J connectivity index is 1.67. The Hall–Kier alpha value is -4.66. The zero-order valence-electron chi connectivity index (χ0n) is 23.0. The largest absolute Gasteiger partial charge is 0.481 e. The maximum absolute atomic E-state index is 13.3. The van der Waals surface area contributed by atoms with Gasteiger partial charge in [0.05, 0.1) is 17.5 Å². The van der Waals surface area contributed by atoms with Crippen LogP contribution in [0.2, 0.25) is 0 Å². The van der Waals surface area contributed by atoms with Gasteiger partial charge in [-0.25, -0.2) is 9.37 Å². The molecule has 0 spiro atoms. The van der Waals surface area contributed by atoms with Crippen LogP contribution in [0.25, 0.3) is 33.4 Å². The minimum Gasteiger partial charge on any atom is -0.481 e. The molecule has 0 aromatic heterocycles. The number of amides is 1. The summed E-state index contributed by atoms with van der Waals surface area (Å²) in [5.41, 5.74) is 3.77. The van der Waals surface area contributed by atoms with Crippen LogP contribution >= 0.6 is 0 Å². The predicted octanol–water partition coefficient (Wildman–Crippen LogP) is 3.94. The summed E-state index contributed by atoms with van der Waals surface area (Å²) in [5.74, 6) is -2.16. The smallest absolute Gasteiger partial charge is 0.336 e. The number of carboxylic acids is 2. The summed E-state index contributed by atoms with van der Waals surface area (Å²) >= 11 is 0. The van der Waals surface area contributed by atoms with E-state index >= 15 is 0 Å². The molecular weight excluding hydrogens is 510 g/mol. The highest BCUT2D eigenvalue weighted by molar-refractivity contribution is 6.09. The third-order valence-electron chi connectivity index (χ3n) is 7.62. The third kappa shape index (κ3) is 4.90. The Morgan fingerprint density at radius 1 is 0.925 bits per heavy atom. The number of hydrogen-bond donors (Lipinski definition) is 2. The summed E-state index contributed by atoms with van der Waals surface area (Å²) in [5, 5.41) is 21.3. The zero-order chi connectivity index (χ0) is 28.7. The molecule has 1 saturated heterocycles. The number of fused-ring (bicyclic) bond motifs is 2. The lowest BCUT2D eigenvalue weighted by molar-refractivity contribution is -0.143. The molecule has 0 bridgehead atoms. The lowest BCUT2D eigenvalue weighted by atomic mass is 9.89. The maximum Gasteiger partial charge on any atom is 0.336 e. The normalized spacial score (nSPS) is 13.9. The van der Waals surface area contributed by atoms with Crippen molar-refractivity contribution in [1.29, 1.82) is 0 Å². The monoisotopic (exact) mass is 542 g/mol. The van der Waals surface area contributed by atoms with Gasteiger partial charge in [-0.2, -0.15) is 0 Å². The molecule has 206 valence electrons. The van der Waals surface area contributed by atoms with Gasteiger partial charge in [0.15, 0.2) is 0 Å². The van der Waals surface area contributed by atoms with Gasteiger partial charge in [-0.15, -0.1) is 0 Å². The van der Waals surface area contributed by atoms with E-state index in [0.29, 0.717) is 48.4 Å². The summed E-state index contributed by atoms with van der Waals surface area (Å²) in [7, 11) is 7.76. The number of nitrogens with zero attached hydrogens (tertiary/aromatic N) is 3. The van der Waals surface area contributed by atoms with Crippen LogP contribution in [0.5, 0.6) is 0 Å². The second kappa shape index (κ2) is 10.5. The summed E-state index contributed by atoms with van der Waals surface area (Å²) < 4.78 is 8.32. The second-order valence-corrected chi connectivity index (χ2v) is 10.6. The number of aliphatic carboxylic acids is 1. The van der Waals surface area contributed by atoms with Crippen LogP contribution in [0.3, 0.4) is 0 Å². The highest BCUT2D eigenvalue weighted by Gasteiger charge is 2.29. The fourth-order valence-corrected chi connectivity index (χ4v) is 5.30. The van der Waals surface area contributed by atoms with Gasteiger partial charge >= 0.3 is 11.9 Å². The molecule has 9 heteroatoms. The lowest BCUT2D eigenvalue weighted by Gasteiger charge is -2.30. The molecule has 0 atom stereocenters. The highest BCUT2D eigenvalue weighted by atomic mass is 16.4. The fraction of sp³-hybridized carbons (Fsp3) is 0.290. The van der Waals surface area contributed by atoms with E-state index in [2.05, 4.69) is 0 Å². The van der Waals surface area contributed by atoms with Crippen molar-refractivity contribution in [3.05, 3.63) is 71.1 Å². The quantitative estimate of drug-likeness (QED) is 0.290. The van der Waals surface area contributed by atoms with Crippen molar-refractivity contribution in [3.8, 4) is 22.5 Å². The zero-order valence-corrected chi connectivity index (χ0v) is 23.0. The molecule has 9 nitrogen and oxygen atoms in total. The number of hydrogen-bond acceptors (Lipinski definition) is 5. The first-order valence-corrected chi connectivity index (χ1v) is 13.1. The van der Waals surface area contributed by atoms with Gasteiger partial charge in [0.2, 0.25) is 5.36 Å². The predicted molar refractivity (Wildman–Crippen MR) is 153 cm³/mol. The molecule has 0 unspecified atom stereocenters. The Bertz CT molecular complexity index is 1690. The number of benzene rings is 3. The Kier molecular flexibility index (Phi) is 7.06. The lowest BCUT2D eigenvalue weighted by Crippen LogP contribution is -2.40. The molecule has 1 amide bonds. The van der Waals surface area contributed by atoms with Crippen molar-refractivity contribution < 1.29 is 29.0 Å². The van der Waals surface area contributed by atoms with Gasteiger partial charge < -0.3 is 24.4 Å². The molecular formula is C31H32N3O6+. The Morgan fingerprint density at radius 3 is 2.25 bits per heavy atom. The molecule has 1 fully saturated rings. The van der Waals surface area contributed by atoms with Gasteiger partial charge in [-0.3, -0.25) is 9.59 Å². The first-order chi connectivity index (χ1) is 19.0. The number of likely N-dealkylation sites (tertiary alicyclic amines) is 1. The number of aromatic carboxylic acids is 1. The number of carboxylic acid groups (broad SMARTS) is 2. The molecule has 5 rings (SSSR count). The van der Waals surface area contributed by atoms with E-state index in [-0.39, 0.29) is 17.0 Å². The SMILES string of the molecule is CN(C)c1ccc2c(-c3ccc(C(=O)N4CCC(C(=O)O)CC4)cc3C(=O)O)c3ccc(=[N+](C)C)cc-3oc2c1. The van der Waals surface area contributed by atoms with Crippen LogP contribution in [0, 0.1) is 5.92 Å². The summed E-state index contributed by atoms with van der Waals surface area (Å²) in [4.78, 5) is 40.8. The number of rotatable bonds is 5. The number of carbonyl (C=O) groups excluding carboxylic acids is 1. The molecule has 3 aliphatic rings. The Labute approximate surface area is 231 Å². The summed E-state index contributed by atoms with van der Waals surface area (Å²) in [6, 6.07) is 16.4. The molecule has 0 saturated carbocycles. The van der Waals surface area contributed by atoms with Crippen molar-refractivity contribution >= 4 is 34.5 Å². The van der Waals surface area contributed by atoms with E-state index in [9.17, 15) is 24.6 Å². The molecule has 2 aliphatic heterocycles. The van der Waals surface area contributed by atoms with Crippen molar-refractivity contribution in [2.75, 3.05) is 46.2 Å². The van der Waals surface area contributed by atoms with E-state index < -0.39 is 17.9 Å². The second-order valence-electron chi connectivity index (χ2n) is 10.6. The summed E-state index contributed by atoms with van der Waals surface area (Å²) in [6.45, 7) is 0.635. The molecule has 0 radical (unpaired) electrons. The topological polar surface area (TPSA) is 114 Å². The molecule has 2 N–H and O–H groups in total. The standard InChI is InChI=1S/C31H31N3O6/c1-32(2)20-6-9-23-26(16-20)40-27-17-21(33(3)4)7-10-24(27)28(23)22-8-5-19(15-25(22)31(38)39)29(35)34-13-11-18(12-14-34)30(36)37/h5-10,15-18H,11-14H2,1-4H3,(H-,36,37,38,39)/p+1. The van der Waals surface area contributed by atoms with Crippen LogP contribution in [0.4, 0.5) is 5.69 Å². The summed E-state index contributed by atoms with van der Waals surface area (Å²) in [6.07, 6.45) is 0.751. The van der Waals surface area contributed by atoms with Crippen LogP contribution in [0.1, 0.15) is 33.6 Å². The van der Waals surface area contributed by atoms with E-state index in [1.54, 1.807) is 17.0 Å². The van der Waals surface area contributed by atoms with Gasteiger partial charge in [0, 0.05) is 67.1 Å². The molecule has 2 aromatic rings. The minimum atomic E-state index is -1.15. The average molecular weight is 543 g/mol. The number of anilines is 1. The van der Waals surface area contributed by atoms with E-state index in [4.69, 9.17) is 4.42 Å². The molecule has 2 heterocycles. The highest BCUT2D eigenvalue weighted by Crippen LogP contribution is 2.42. The van der Waals surface area contributed by atoms with Crippen LogP contribution in [-0.2, 0) is 4.79 Å².